The van der Waals surface area contributed by atoms with Crippen molar-refractivity contribution in [2.24, 2.45) is 11.8 Å². The third-order valence-corrected chi connectivity index (χ3v) is 4.37. The first-order chi connectivity index (χ1) is 13.8. The van der Waals surface area contributed by atoms with Gasteiger partial charge in [0.2, 0.25) is 0 Å². The second-order valence-electron chi connectivity index (χ2n) is 7.53. The molecule has 0 amide bonds. The minimum atomic E-state index is 1.02. The van der Waals surface area contributed by atoms with E-state index >= 15 is 0 Å². The molecule has 1 fully saturated rings. The molecule has 0 radical (unpaired) electrons. The summed E-state index contributed by atoms with van der Waals surface area (Å²) in [5.41, 5.74) is 5.83. The smallest absolute Gasteiger partial charge is 0.00980 e. The fourth-order valence-electron chi connectivity index (χ4n) is 2.48. The molecule has 0 aromatic rings. The van der Waals surface area contributed by atoms with Crippen LogP contribution in [0.1, 0.15) is 121 Å². The van der Waals surface area contributed by atoms with Crippen LogP contribution in [0.4, 0.5) is 0 Å². The fraction of sp³-hybridized carbons (Fsp3) is 0.690. The predicted molar refractivity (Wildman–Crippen MR) is 141 cm³/mol. The van der Waals surface area contributed by atoms with Crippen molar-refractivity contribution in [3.8, 4) is 0 Å². The van der Waals surface area contributed by atoms with E-state index in [1.165, 1.54) is 49.7 Å². The average molecular weight is 405 g/mol. The Morgan fingerprint density at radius 1 is 0.897 bits per heavy atom. The average Bonchev–Trinajstić information content (AvgIpc) is 2.72. The molecule has 0 nitrogen and oxygen atoms in total. The van der Waals surface area contributed by atoms with Crippen molar-refractivity contribution in [1.82, 2.24) is 0 Å². The van der Waals surface area contributed by atoms with Gasteiger partial charge in [0.05, 0.1) is 0 Å². The lowest BCUT2D eigenvalue weighted by Crippen LogP contribution is -2.08. The van der Waals surface area contributed by atoms with Gasteiger partial charge in [-0.3, -0.25) is 0 Å². The summed E-state index contributed by atoms with van der Waals surface area (Å²) >= 11 is 0. The highest BCUT2D eigenvalue weighted by Gasteiger charge is 2.13. The lowest BCUT2D eigenvalue weighted by molar-refractivity contribution is 0.308. The van der Waals surface area contributed by atoms with Gasteiger partial charge >= 0.3 is 0 Å². The van der Waals surface area contributed by atoms with Crippen LogP contribution in [0.5, 0.6) is 0 Å². The maximum Gasteiger partial charge on any atom is -0.00980 e. The summed E-state index contributed by atoms with van der Waals surface area (Å²) in [7, 11) is 0. The zero-order chi connectivity index (χ0) is 23.5. The molecule has 0 unspecified atom stereocenters. The first-order valence-corrected chi connectivity index (χ1v) is 12.1. The van der Waals surface area contributed by atoms with Crippen molar-refractivity contribution < 1.29 is 0 Å². The van der Waals surface area contributed by atoms with Gasteiger partial charge in [0.15, 0.2) is 0 Å². The van der Waals surface area contributed by atoms with Crippen molar-refractivity contribution in [1.29, 1.82) is 0 Å². The predicted octanol–water partition coefficient (Wildman–Crippen LogP) is 10.9. The highest BCUT2D eigenvalue weighted by atomic mass is 14.2. The minimum Gasteiger partial charge on any atom is -0.122 e. The topological polar surface area (TPSA) is 0 Å². The molecule has 0 aliphatic heterocycles. The Bertz CT molecular complexity index is 409. The molecule has 0 atom stereocenters. The van der Waals surface area contributed by atoms with Gasteiger partial charge in [0, 0.05) is 0 Å². The molecular weight excluding hydrogens is 348 g/mol. The first-order valence-electron chi connectivity index (χ1n) is 12.1. The molecule has 172 valence electrons. The molecule has 0 aromatic heterocycles. The van der Waals surface area contributed by atoms with Crippen molar-refractivity contribution in [2.75, 3.05) is 0 Å². The fourth-order valence-corrected chi connectivity index (χ4v) is 2.48. The molecule has 0 aromatic carbocycles. The first kappa shape index (κ1) is 35.2. The van der Waals surface area contributed by atoms with Crippen LogP contribution in [-0.2, 0) is 0 Å². The number of hydrogen-bond acceptors (Lipinski definition) is 0. The van der Waals surface area contributed by atoms with E-state index in [1.54, 1.807) is 6.08 Å². The summed E-state index contributed by atoms with van der Waals surface area (Å²) in [6.07, 6.45) is 19.5. The van der Waals surface area contributed by atoms with Gasteiger partial charge in [-0.05, 0) is 70.4 Å². The Labute approximate surface area is 187 Å². The van der Waals surface area contributed by atoms with E-state index < -0.39 is 0 Å². The minimum absolute atomic E-state index is 1.02. The summed E-state index contributed by atoms with van der Waals surface area (Å²) in [6.45, 7) is 26.7. The van der Waals surface area contributed by atoms with E-state index in [2.05, 4.69) is 59.9 Å². The summed E-state index contributed by atoms with van der Waals surface area (Å²) in [5.74, 6) is 2.04. The van der Waals surface area contributed by atoms with Crippen LogP contribution in [-0.4, -0.2) is 0 Å². The summed E-state index contributed by atoms with van der Waals surface area (Å²) < 4.78 is 0. The summed E-state index contributed by atoms with van der Waals surface area (Å²) in [5, 5.41) is 0. The number of allylic oxidation sites excluding steroid dienone is 6. The molecule has 1 aliphatic rings. The van der Waals surface area contributed by atoms with Crippen LogP contribution in [0.2, 0.25) is 0 Å². The molecular formula is C29H56. The van der Waals surface area contributed by atoms with Crippen molar-refractivity contribution in [3.63, 3.8) is 0 Å². The van der Waals surface area contributed by atoms with E-state index in [4.69, 9.17) is 0 Å². The molecule has 1 saturated carbocycles. The second-order valence-corrected chi connectivity index (χ2v) is 7.53. The van der Waals surface area contributed by atoms with Crippen LogP contribution < -0.4 is 0 Å². The summed E-state index contributed by atoms with van der Waals surface area (Å²) in [6, 6.07) is 0. The molecule has 29 heavy (non-hydrogen) atoms. The van der Waals surface area contributed by atoms with Crippen LogP contribution in [0, 0.1) is 11.8 Å². The van der Waals surface area contributed by atoms with Crippen LogP contribution in [0.3, 0.4) is 0 Å². The van der Waals surface area contributed by atoms with E-state index in [0.717, 1.165) is 18.3 Å². The Morgan fingerprint density at radius 2 is 1.31 bits per heavy atom. The Hall–Kier alpha value is -1.26. The van der Waals surface area contributed by atoms with Gasteiger partial charge in [-0.2, -0.15) is 0 Å². The van der Waals surface area contributed by atoms with Crippen molar-refractivity contribution in [3.05, 3.63) is 53.8 Å². The SMILES string of the molecule is C/C=C\C(C)=C=CCC.C=CC.CC.CC/C=C(/C)CC.CC1CCC(C)CC1. The molecule has 0 N–H and O–H groups in total. The Kier molecular flexibility index (Phi) is 38.1. The molecule has 1 rings (SSSR count). The van der Waals surface area contributed by atoms with Crippen molar-refractivity contribution in [2.45, 2.75) is 121 Å². The maximum atomic E-state index is 3.36. The van der Waals surface area contributed by atoms with Gasteiger partial charge in [0.1, 0.15) is 0 Å². The second kappa shape index (κ2) is 31.4. The van der Waals surface area contributed by atoms with E-state index in [9.17, 15) is 0 Å². The highest BCUT2D eigenvalue weighted by Crippen LogP contribution is 2.27. The Balaban J connectivity index is -0.000000146. The van der Waals surface area contributed by atoms with Gasteiger partial charge in [-0.15, -0.1) is 12.3 Å². The molecule has 0 bridgehead atoms. The number of hydrogen-bond donors (Lipinski definition) is 0. The van der Waals surface area contributed by atoms with E-state index in [1.807, 2.05) is 52.8 Å². The van der Waals surface area contributed by atoms with Gasteiger partial charge in [0.25, 0.3) is 0 Å². The molecule has 1 aliphatic carbocycles. The van der Waals surface area contributed by atoms with Gasteiger partial charge < -0.3 is 0 Å². The third-order valence-electron chi connectivity index (χ3n) is 4.37. The normalized spacial score (nSPS) is 17.4. The van der Waals surface area contributed by atoms with Crippen molar-refractivity contribution >= 4 is 0 Å². The summed E-state index contributed by atoms with van der Waals surface area (Å²) in [4.78, 5) is 0. The van der Waals surface area contributed by atoms with Crippen LogP contribution in [0.25, 0.3) is 0 Å². The highest BCUT2D eigenvalue weighted by molar-refractivity contribution is 5.14. The number of rotatable bonds is 4. The lowest BCUT2D eigenvalue weighted by Gasteiger charge is -2.22. The van der Waals surface area contributed by atoms with Crippen LogP contribution in [0.15, 0.2) is 53.8 Å². The molecule has 0 spiro atoms. The largest absolute Gasteiger partial charge is 0.122 e. The van der Waals surface area contributed by atoms with Gasteiger partial charge in [-0.25, -0.2) is 0 Å². The van der Waals surface area contributed by atoms with Crippen LogP contribution >= 0.6 is 0 Å². The van der Waals surface area contributed by atoms with E-state index in [-0.39, 0.29) is 0 Å². The lowest BCUT2D eigenvalue weighted by atomic mass is 9.84. The quantitative estimate of drug-likeness (QED) is 0.248. The third kappa shape index (κ3) is 38.0. The standard InChI is InChI=1S/C9H14.C8H16.C7H14.C3H6.C2H6/c1-4-6-8-9(3)7-5-2;1-7-3-5-8(2)6-4-7;1-4-6-7(3)5-2;1-3-2;1-2/h5-7H,4H2,1-3H3;7-8H,3-6H2,1-2H3;6H,4-5H2,1-3H3;3H,1H2,2H3;1-2H3/b7-5-;;7-6-;;. The zero-order valence-electron chi connectivity index (χ0n) is 22.2. The Morgan fingerprint density at radius 3 is 1.55 bits per heavy atom. The van der Waals surface area contributed by atoms with E-state index in [0.29, 0.717) is 0 Å². The molecule has 0 saturated heterocycles. The monoisotopic (exact) mass is 404 g/mol. The zero-order valence-corrected chi connectivity index (χ0v) is 22.2. The molecule has 0 heteroatoms. The van der Waals surface area contributed by atoms with Gasteiger partial charge in [-0.1, -0.05) is 104 Å². The maximum absolute atomic E-state index is 3.36. The molecule has 0 heterocycles.